The van der Waals surface area contributed by atoms with Crippen molar-refractivity contribution in [2.45, 2.75) is 66.2 Å². The maximum Gasteiger partial charge on any atom is 0.217 e. The highest BCUT2D eigenvalue weighted by Crippen LogP contribution is 2.04. The molecule has 6 N–H and O–H groups in total. The minimum Gasteiger partial charge on any atom is -0.412 e. The quantitative estimate of drug-likeness (QED) is 0.361. The summed E-state index contributed by atoms with van der Waals surface area (Å²) < 4.78 is 0. The number of nitrogens with two attached hydrogens (primary N) is 2. The number of carbonyl (C=O) groups excluding carboxylic acids is 2. The van der Waals surface area contributed by atoms with E-state index >= 15 is 0 Å². The highest BCUT2D eigenvalue weighted by molar-refractivity contribution is 5.73. The Morgan fingerprint density at radius 3 is 1.72 bits per heavy atom. The van der Waals surface area contributed by atoms with Crippen LogP contribution in [0.5, 0.6) is 5.75 Å². The smallest absolute Gasteiger partial charge is 0.217 e. The van der Waals surface area contributed by atoms with Crippen LogP contribution >= 0.6 is 0 Å². The standard InChI is InChI=1S/C7H9NO.C6H7NO.C6H13NO.C5H11NO/c8-9-6-7-4-2-1-3-5-7;7-8-6-4-2-1-3-5-6;1-4-5(2)7-6(3)8;1-3-5(2)6-4-7/h1-5H,6,8H2;1-5H,7H2;5H,4H2,1-3H3,(H,7,8);4-5H,3H2,1-2H3,(H,6,7). The van der Waals surface area contributed by atoms with E-state index in [1.54, 1.807) is 12.1 Å². The zero-order valence-electron chi connectivity index (χ0n) is 19.9. The van der Waals surface area contributed by atoms with E-state index in [1.165, 1.54) is 6.92 Å². The van der Waals surface area contributed by atoms with Crippen LogP contribution in [0.25, 0.3) is 0 Å². The molecule has 2 atom stereocenters. The molecule has 0 aliphatic heterocycles. The van der Waals surface area contributed by atoms with Crippen molar-refractivity contribution >= 4 is 12.3 Å². The monoisotopic (exact) mass is 448 g/mol. The van der Waals surface area contributed by atoms with Crippen molar-refractivity contribution in [2.75, 3.05) is 0 Å². The van der Waals surface area contributed by atoms with E-state index in [9.17, 15) is 9.59 Å². The summed E-state index contributed by atoms with van der Waals surface area (Å²) in [5.41, 5.74) is 1.10. The van der Waals surface area contributed by atoms with Gasteiger partial charge in [0.1, 0.15) is 5.75 Å². The summed E-state index contributed by atoms with van der Waals surface area (Å²) in [6.07, 6.45) is 2.73. The molecule has 0 aliphatic carbocycles. The predicted octanol–water partition coefficient (Wildman–Crippen LogP) is 3.47. The van der Waals surface area contributed by atoms with E-state index in [1.807, 2.05) is 76.2 Å². The Hall–Kier alpha value is -2.94. The molecule has 2 aromatic rings. The zero-order valence-corrected chi connectivity index (χ0v) is 19.9. The lowest BCUT2D eigenvalue weighted by atomic mass is 10.2. The lowest BCUT2D eigenvalue weighted by Crippen LogP contribution is -2.29. The minimum atomic E-state index is 0.0550. The summed E-state index contributed by atoms with van der Waals surface area (Å²) in [6, 6.07) is 19.7. The molecule has 0 spiro atoms. The fourth-order valence-corrected chi connectivity index (χ4v) is 1.85. The van der Waals surface area contributed by atoms with Crippen LogP contribution in [0, 0.1) is 0 Å². The second kappa shape index (κ2) is 22.7. The molecule has 8 nitrogen and oxygen atoms in total. The van der Waals surface area contributed by atoms with E-state index in [-0.39, 0.29) is 5.91 Å². The van der Waals surface area contributed by atoms with Gasteiger partial charge in [0.2, 0.25) is 12.3 Å². The van der Waals surface area contributed by atoms with Gasteiger partial charge in [0, 0.05) is 19.0 Å². The number of amides is 2. The van der Waals surface area contributed by atoms with Crippen molar-refractivity contribution in [1.29, 1.82) is 0 Å². The number of rotatable bonds is 8. The van der Waals surface area contributed by atoms with E-state index < -0.39 is 0 Å². The molecule has 180 valence electrons. The predicted molar refractivity (Wildman–Crippen MR) is 129 cm³/mol. The molecule has 0 saturated carbocycles. The average molecular weight is 449 g/mol. The average Bonchev–Trinajstić information content (AvgIpc) is 2.81. The molecule has 2 unspecified atom stereocenters. The molecule has 2 rings (SSSR count). The van der Waals surface area contributed by atoms with E-state index in [4.69, 9.17) is 11.8 Å². The van der Waals surface area contributed by atoms with Gasteiger partial charge in [-0.3, -0.25) is 14.4 Å². The Labute approximate surface area is 192 Å². The molecule has 0 saturated heterocycles. The molecule has 2 aromatic carbocycles. The maximum atomic E-state index is 10.3. The molecule has 0 bridgehead atoms. The largest absolute Gasteiger partial charge is 0.412 e. The van der Waals surface area contributed by atoms with Crippen LogP contribution in [0.3, 0.4) is 0 Å². The molecule has 0 heterocycles. The highest BCUT2D eigenvalue weighted by atomic mass is 16.6. The minimum absolute atomic E-state index is 0.0550. The van der Waals surface area contributed by atoms with Gasteiger partial charge in [0.05, 0.1) is 6.61 Å². The van der Waals surface area contributed by atoms with Crippen molar-refractivity contribution in [3.05, 3.63) is 66.2 Å². The number of nitrogens with one attached hydrogen (secondary N) is 2. The number of benzene rings is 2. The third kappa shape index (κ3) is 21.8. The number of carbonyl (C=O) groups is 2. The van der Waals surface area contributed by atoms with E-state index in [0.717, 1.165) is 24.8 Å². The van der Waals surface area contributed by atoms with Crippen molar-refractivity contribution in [2.24, 2.45) is 11.8 Å². The Morgan fingerprint density at radius 2 is 1.44 bits per heavy atom. The fraction of sp³-hybridized carbons (Fsp3) is 0.417. The molecule has 0 fully saturated rings. The molecule has 0 aromatic heterocycles. The van der Waals surface area contributed by atoms with Crippen molar-refractivity contribution in [1.82, 2.24) is 10.6 Å². The molecule has 2 amide bonds. The van der Waals surface area contributed by atoms with Gasteiger partial charge >= 0.3 is 0 Å². The number of hydrogen-bond acceptors (Lipinski definition) is 6. The molecular weight excluding hydrogens is 408 g/mol. The van der Waals surface area contributed by atoms with E-state index in [2.05, 4.69) is 20.3 Å². The summed E-state index contributed by atoms with van der Waals surface area (Å²) in [4.78, 5) is 28.8. The van der Waals surface area contributed by atoms with Crippen LogP contribution in [-0.4, -0.2) is 24.4 Å². The summed E-state index contributed by atoms with van der Waals surface area (Å²) in [5.74, 6) is 10.5. The number of hydrogen-bond donors (Lipinski definition) is 4. The van der Waals surface area contributed by atoms with Gasteiger partial charge in [0.15, 0.2) is 0 Å². The van der Waals surface area contributed by atoms with E-state index in [0.29, 0.717) is 24.4 Å². The first kappa shape index (κ1) is 31.2. The Kier molecular flexibility index (Phi) is 22.2. The third-order valence-electron chi connectivity index (χ3n) is 4.00. The first-order valence-corrected chi connectivity index (χ1v) is 10.6. The topological polar surface area (TPSA) is 129 Å². The summed E-state index contributed by atoms with van der Waals surface area (Å²) >= 11 is 0. The lowest BCUT2D eigenvalue weighted by Gasteiger charge is -2.07. The van der Waals surface area contributed by atoms with Crippen LogP contribution in [0.4, 0.5) is 0 Å². The second-order valence-corrected chi connectivity index (χ2v) is 6.83. The van der Waals surface area contributed by atoms with Crippen molar-refractivity contribution in [3.8, 4) is 5.75 Å². The Balaban J connectivity index is 0. The van der Waals surface area contributed by atoms with Gasteiger partial charge in [-0.25, -0.2) is 5.90 Å². The summed E-state index contributed by atoms with van der Waals surface area (Å²) in [6.45, 7) is 10.0. The third-order valence-corrected chi connectivity index (χ3v) is 4.00. The fourth-order valence-electron chi connectivity index (χ4n) is 1.85. The van der Waals surface area contributed by atoms with Crippen LogP contribution < -0.4 is 27.3 Å². The molecular formula is C24H40N4O4. The second-order valence-electron chi connectivity index (χ2n) is 6.83. The van der Waals surface area contributed by atoms with Gasteiger partial charge in [-0.1, -0.05) is 62.4 Å². The van der Waals surface area contributed by atoms with Crippen LogP contribution in [-0.2, 0) is 21.0 Å². The Morgan fingerprint density at radius 1 is 0.938 bits per heavy atom. The van der Waals surface area contributed by atoms with Crippen LogP contribution in [0.1, 0.15) is 53.0 Å². The van der Waals surface area contributed by atoms with Gasteiger partial charge in [-0.15, -0.1) is 0 Å². The molecule has 0 aliphatic rings. The molecule has 8 heteroatoms. The molecule has 32 heavy (non-hydrogen) atoms. The number of para-hydroxylation sites is 1. The zero-order chi connectivity index (χ0) is 24.6. The van der Waals surface area contributed by atoms with Gasteiger partial charge in [-0.2, -0.15) is 5.90 Å². The van der Waals surface area contributed by atoms with Crippen LogP contribution in [0.15, 0.2) is 60.7 Å². The lowest BCUT2D eigenvalue weighted by molar-refractivity contribution is -0.119. The van der Waals surface area contributed by atoms with Gasteiger partial charge < -0.3 is 15.5 Å². The van der Waals surface area contributed by atoms with Crippen molar-refractivity contribution in [3.63, 3.8) is 0 Å². The first-order chi connectivity index (χ1) is 15.3. The van der Waals surface area contributed by atoms with Gasteiger partial charge in [-0.05, 0) is 44.4 Å². The first-order valence-electron chi connectivity index (χ1n) is 10.6. The highest BCUT2D eigenvalue weighted by Gasteiger charge is 1.96. The SMILES string of the molecule is CCC(C)NC(C)=O.CCC(C)NC=O.NOCc1ccccc1.NOc1ccccc1. The summed E-state index contributed by atoms with van der Waals surface area (Å²) in [5, 5.41) is 5.37. The normalized spacial score (nSPS) is 10.8. The van der Waals surface area contributed by atoms with Gasteiger partial charge in [0.25, 0.3) is 0 Å². The molecule has 0 radical (unpaired) electrons. The maximum absolute atomic E-state index is 10.3. The summed E-state index contributed by atoms with van der Waals surface area (Å²) in [7, 11) is 0. The van der Waals surface area contributed by atoms with Crippen molar-refractivity contribution < 1.29 is 19.3 Å². The Bertz CT molecular complexity index is 672. The van der Waals surface area contributed by atoms with Crippen LogP contribution in [0.2, 0.25) is 0 Å².